The number of benzene rings is 3. The first-order valence-corrected chi connectivity index (χ1v) is 10.4. The quantitative estimate of drug-likeness (QED) is 0.501. The van der Waals surface area contributed by atoms with Gasteiger partial charge in [0.05, 0.1) is 17.4 Å². The number of para-hydroxylation sites is 2. The molecule has 0 radical (unpaired) electrons. The van der Waals surface area contributed by atoms with Crippen LogP contribution in [0.25, 0.3) is 0 Å². The van der Waals surface area contributed by atoms with Crippen LogP contribution >= 0.6 is 11.6 Å². The van der Waals surface area contributed by atoms with Crippen molar-refractivity contribution >= 4 is 28.8 Å². The fourth-order valence-corrected chi connectivity index (χ4v) is 4.71. The molecule has 5 rings (SSSR count). The molecule has 0 saturated heterocycles. The number of carbonyl (C=O) groups is 1. The van der Waals surface area contributed by atoms with E-state index in [4.69, 9.17) is 11.6 Å². The lowest BCUT2D eigenvalue weighted by Gasteiger charge is -2.30. The fourth-order valence-electron chi connectivity index (χ4n) is 4.42. The highest BCUT2D eigenvalue weighted by molar-refractivity contribution is 6.31. The molecule has 30 heavy (non-hydrogen) atoms. The van der Waals surface area contributed by atoms with Crippen molar-refractivity contribution in [2.75, 3.05) is 10.6 Å². The Morgan fingerprint density at radius 1 is 0.867 bits per heavy atom. The molecule has 3 aromatic carbocycles. The molecule has 1 heterocycles. The molecule has 0 amide bonds. The number of Topliss-reactive ketones (excluding diaryl/α,β-unsaturated/α-hetero) is 1. The summed E-state index contributed by atoms with van der Waals surface area (Å²) in [5.74, 6) is -0.214. The summed E-state index contributed by atoms with van der Waals surface area (Å²) in [6.07, 6.45) is 1.07. The van der Waals surface area contributed by atoms with Crippen LogP contribution in [0.4, 0.5) is 15.8 Å². The van der Waals surface area contributed by atoms with E-state index in [0.29, 0.717) is 23.4 Å². The van der Waals surface area contributed by atoms with Crippen molar-refractivity contribution in [3.05, 3.63) is 106 Å². The van der Waals surface area contributed by atoms with Crippen LogP contribution in [0.3, 0.4) is 0 Å². The smallest absolute Gasteiger partial charge is 0.163 e. The molecule has 2 aliphatic rings. The van der Waals surface area contributed by atoms with Gasteiger partial charge in [-0.3, -0.25) is 4.79 Å². The van der Waals surface area contributed by atoms with E-state index < -0.39 is 0 Å². The van der Waals surface area contributed by atoms with Gasteiger partial charge >= 0.3 is 0 Å². The second kappa shape index (κ2) is 7.62. The van der Waals surface area contributed by atoms with E-state index in [-0.39, 0.29) is 23.6 Å². The lowest BCUT2D eigenvalue weighted by molar-refractivity contribution is -0.116. The van der Waals surface area contributed by atoms with Crippen LogP contribution in [0.2, 0.25) is 5.02 Å². The van der Waals surface area contributed by atoms with Crippen LogP contribution in [0.15, 0.2) is 84.1 Å². The number of anilines is 2. The average Bonchev–Trinajstić information content (AvgIpc) is 2.91. The number of fused-ring (bicyclic) bond motifs is 1. The summed E-state index contributed by atoms with van der Waals surface area (Å²) in [7, 11) is 0. The maximum absolute atomic E-state index is 13.5. The van der Waals surface area contributed by atoms with Crippen LogP contribution in [0.5, 0.6) is 0 Å². The predicted molar refractivity (Wildman–Crippen MR) is 118 cm³/mol. The van der Waals surface area contributed by atoms with E-state index in [1.807, 2.05) is 48.5 Å². The molecule has 5 heteroatoms. The molecule has 3 aromatic rings. The molecule has 1 aliphatic heterocycles. The Labute approximate surface area is 179 Å². The Morgan fingerprint density at radius 3 is 2.33 bits per heavy atom. The molecule has 0 fully saturated rings. The van der Waals surface area contributed by atoms with E-state index in [9.17, 15) is 9.18 Å². The third-order valence-electron chi connectivity index (χ3n) is 5.86. The summed E-state index contributed by atoms with van der Waals surface area (Å²) < 4.78 is 13.5. The molecule has 0 unspecified atom stereocenters. The third-order valence-corrected chi connectivity index (χ3v) is 6.20. The molecule has 0 aromatic heterocycles. The van der Waals surface area contributed by atoms with E-state index in [2.05, 4.69) is 10.6 Å². The predicted octanol–water partition coefficient (Wildman–Crippen LogP) is 6.46. The van der Waals surface area contributed by atoms with Crippen molar-refractivity contribution in [1.29, 1.82) is 0 Å². The van der Waals surface area contributed by atoms with Gasteiger partial charge in [-0.05, 0) is 53.8 Å². The number of rotatable bonds is 2. The summed E-state index contributed by atoms with van der Waals surface area (Å²) in [4.78, 5) is 13.4. The Kier molecular flexibility index (Phi) is 4.80. The summed E-state index contributed by atoms with van der Waals surface area (Å²) in [5, 5.41) is 7.68. The van der Waals surface area contributed by atoms with Gasteiger partial charge in [0.25, 0.3) is 0 Å². The number of allylic oxidation sites excluding steroid dienone is 1. The monoisotopic (exact) mass is 418 g/mol. The Hall–Kier alpha value is -3.11. The minimum atomic E-state index is -0.351. The lowest BCUT2D eigenvalue weighted by atomic mass is 9.78. The number of ketones is 1. The van der Waals surface area contributed by atoms with Crippen molar-refractivity contribution in [2.24, 2.45) is 0 Å². The van der Waals surface area contributed by atoms with Crippen LogP contribution in [-0.4, -0.2) is 5.78 Å². The molecule has 2 atom stereocenters. The first kappa shape index (κ1) is 18.9. The molecule has 0 bridgehead atoms. The molecule has 1 aliphatic carbocycles. The fraction of sp³-hybridized carbons (Fsp3) is 0.160. The van der Waals surface area contributed by atoms with Crippen LogP contribution in [0, 0.1) is 5.82 Å². The molecular formula is C25H20ClFN2O. The lowest BCUT2D eigenvalue weighted by Crippen LogP contribution is -2.27. The van der Waals surface area contributed by atoms with Crippen molar-refractivity contribution < 1.29 is 9.18 Å². The first-order chi connectivity index (χ1) is 14.6. The normalized spacial score (nSPS) is 20.5. The van der Waals surface area contributed by atoms with E-state index >= 15 is 0 Å². The van der Waals surface area contributed by atoms with E-state index in [1.165, 1.54) is 12.1 Å². The molecule has 150 valence electrons. The SMILES string of the molecule is O=C1C[C@H](c2ccccc2Cl)CC2=C1[C@@H](c1ccc(F)cc1)Nc1ccccc1N2. The van der Waals surface area contributed by atoms with E-state index in [1.54, 1.807) is 12.1 Å². The van der Waals surface area contributed by atoms with Gasteiger partial charge in [-0.2, -0.15) is 0 Å². The van der Waals surface area contributed by atoms with Gasteiger partial charge in [-0.25, -0.2) is 4.39 Å². The number of halogens is 2. The highest BCUT2D eigenvalue weighted by Gasteiger charge is 2.36. The third kappa shape index (κ3) is 3.37. The number of hydrogen-bond acceptors (Lipinski definition) is 3. The average molecular weight is 419 g/mol. The number of nitrogens with one attached hydrogen (secondary N) is 2. The zero-order valence-electron chi connectivity index (χ0n) is 16.2. The van der Waals surface area contributed by atoms with Gasteiger partial charge in [0.1, 0.15) is 5.82 Å². The van der Waals surface area contributed by atoms with Gasteiger partial charge in [-0.1, -0.05) is 54.1 Å². The summed E-state index contributed by atoms with van der Waals surface area (Å²) in [6, 6.07) is 21.6. The zero-order valence-corrected chi connectivity index (χ0v) is 16.9. The summed E-state index contributed by atoms with van der Waals surface area (Å²) in [6.45, 7) is 0. The number of hydrogen-bond donors (Lipinski definition) is 2. The highest BCUT2D eigenvalue weighted by atomic mass is 35.5. The molecular weight excluding hydrogens is 399 g/mol. The topological polar surface area (TPSA) is 41.1 Å². The van der Waals surface area contributed by atoms with Crippen molar-refractivity contribution in [3.8, 4) is 0 Å². The minimum absolute atomic E-state index is 0.0107. The molecule has 2 N–H and O–H groups in total. The Balaban J connectivity index is 1.62. The second-order valence-corrected chi connectivity index (χ2v) is 8.15. The maximum Gasteiger partial charge on any atom is 0.163 e. The Morgan fingerprint density at radius 2 is 1.57 bits per heavy atom. The van der Waals surface area contributed by atoms with Crippen molar-refractivity contribution in [1.82, 2.24) is 0 Å². The minimum Gasteiger partial charge on any atom is -0.372 e. The first-order valence-electron chi connectivity index (χ1n) is 9.99. The second-order valence-electron chi connectivity index (χ2n) is 7.74. The van der Waals surface area contributed by atoms with Gasteiger partial charge in [-0.15, -0.1) is 0 Å². The highest BCUT2D eigenvalue weighted by Crippen LogP contribution is 2.45. The molecule has 0 saturated carbocycles. The molecule has 3 nitrogen and oxygen atoms in total. The van der Waals surface area contributed by atoms with Crippen molar-refractivity contribution in [2.45, 2.75) is 24.8 Å². The number of carbonyl (C=O) groups excluding carboxylic acids is 1. The summed E-state index contributed by atoms with van der Waals surface area (Å²) >= 11 is 6.44. The van der Waals surface area contributed by atoms with Gasteiger partial charge in [0.2, 0.25) is 0 Å². The summed E-state index contributed by atoms with van der Waals surface area (Å²) in [5.41, 5.74) is 5.27. The maximum atomic E-state index is 13.5. The zero-order chi connectivity index (χ0) is 20.7. The van der Waals surface area contributed by atoms with Crippen LogP contribution in [-0.2, 0) is 4.79 Å². The standard InChI is InChI=1S/C25H20ClFN2O/c26-19-6-2-1-5-18(19)16-13-22-24(23(30)14-16)25(15-9-11-17(27)12-10-15)29-21-8-4-3-7-20(21)28-22/h1-12,16,25,28-29H,13-14H2/t16-,25-/m1/s1. The largest absolute Gasteiger partial charge is 0.372 e. The van der Waals surface area contributed by atoms with Gasteiger partial charge in [0.15, 0.2) is 5.78 Å². The molecule has 0 spiro atoms. The van der Waals surface area contributed by atoms with E-state index in [0.717, 1.165) is 28.2 Å². The van der Waals surface area contributed by atoms with Gasteiger partial charge < -0.3 is 10.6 Å². The van der Waals surface area contributed by atoms with Gasteiger partial charge in [0, 0.05) is 22.7 Å². The van der Waals surface area contributed by atoms with Crippen LogP contribution < -0.4 is 10.6 Å². The van der Waals surface area contributed by atoms with Crippen LogP contribution in [0.1, 0.15) is 35.9 Å². The Bertz CT molecular complexity index is 1160. The van der Waals surface area contributed by atoms with Crippen molar-refractivity contribution in [3.63, 3.8) is 0 Å².